The van der Waals surface area contributed by atoms with Crippen LogP contribution in [-0.4, -0.2) is 15.8 Å². The van der Waals surface area contributed by atoms with E-state index >= 15 is 0 Å². The van der Waals surface area contributed by atoms with Gasteiger partial charge in [0.15, 0.2) is 0 Å². The quantitative estimate of drug-likeness (QED) is 0.101. The van der Waals surface area contributed by atoms with Crippen molar-refractivity contribution in [2.75, 3.05) is 9.80 Å². The molecule has 137 heavy (non-hydrogen) atoms. The fourth-order valence-electron chi connectivity index (χ4n) is 24.4. The molecule has 0 saturated carbocycles. The van der Waals surface area contributed by atoms with Crippen LogP contribution in [0.2, 0.25) is 0 Å². The van der Waals surface area contributed by atoms with Crippen molar-refractivity contribution in [3.05, 3.63) is 548 Å². The van der Waals surface area contributed by atoms with Crippen molar-refractivity contribution in [3.63, 3.8) is 0 Å². The normalized spacial score (nSPS) is 13.4. The summed E-state index contributed by atoms with van der Waals surface area (Å²) in [6.45, 7) is 6.89. The summed E-state index contributed by atoms with van der Waals surface area (Å²) in [5, 5.41) is 4.86. The minimum atomic E-state index is -0.685. The van der Waals surface area contributed by atoms with E-state index in [2.05, 4.69) is 537 Å². The van der Waals surface area contributed by atoms with Gasteiger partial charge >= 0.3 is 0 Å². The first kappa shape index (κ1) is 79.6. The van der Waals surface area contributed by atoms with Crippen LogP contribution in [0.15, 0.2) is 497 Å². The summed E-state index contributed by atoms with van der Waals surface area (Å²) in [4.78, 5) is 5.51. The number of nitrogens with zero attached hydrogens (tertiary/aromatic N) is 4. The molecule has 0 radical (unpaired) electrons. The third kappa shape index (κ3) is 11.9. The Morgan fingerprint density at radius 2 is 0.511 bits per heavy atom. The number of aromatic nitrogens is 2. The highest BCUT2D eigenvalue weighted by Crippen LogP contribution is 2.64. The van der Waals surface area contributed by atoms with Crippen LogP contribution < -0.4 is 26.2 Å². The van der Waals surface area contributed by atoms with Gasteiger partial charge in [0.2, 0.25) is 0 Å². The van der Waals surface area contributed by atoms with Crippen LogP contribution in [0.3, 0.4) is 0 Å². The van der Waals surface area contributed by atoms with Crippen LogP contribution in [-0.2, 0) is 16.2 Å². The van der Waals surface area contributed by atoms with Gasteiger partial charge in [0.1, 0.15) is 0 Å². The number of fused-ring (bicyclic) bond motifs is 18. The van der Waals surface area contributed by atoms with Gasteiger partial charge in [0, 0.05) is 77.9 Å². The maximum atomic E-state index is 2.76. The lowest BCUT2D eigenvalue weighted by molar-refractivity contribution is 0.590. The molecule has 27 rings (SSSR count). The first-order chi connectivity index (χ1) is 67.7. The van der Waals surface area contributed by atoms with E-state index in [1.807, 2.05) is 0 Å². The van der Waals surface area contributed by atoms with Crippen molar-refractivity contribution in [1.29, 1.82) is 0 Å². The standard InChI is InChI=1S/C132H91BN4/c1-130(2,3)98-82-121-127-122(83-98)137(129-109(90-50-22-8-23-51-90)80-93(87-44-16-5-17-45-87)81-110(129)91-52-24-9-25-53-91)120-85-100(135-116-69-41-37-65-106(116)124-118(135)77-73-104-102-63-35-39-67-112(102)132(126(104)124,96-58-30-12-31-59-96)97-60-32-13-33-61-97)71-75-114(120)133(127)113-74-70-99(84-119(113)136(121)128-107(88-46-18-6-19-47-88)78-92(86-42-14-4-15-43-86)79-108(128)89-48-20-7-21-49-89)134-115-68-40-36-64-105(115)123-117(134)76-72-103-101-62-34-38-66-111(101)131(125(103)123,94-54-26-10-27-55-94)95-56-28-11-29-57-95/h4-85H,1-3H3. The first-order valence-corrected chi connectivity index (χ1v) is 48.0. The summed E-state index contributed by atoms with van der Waals surface area (Å²) in [6.07, 6.45) is 0. The van der Waals surface area contributed by atoms with Gasteiger partial charge in [0.05, 0.1) is 44.3 Å². The zero-order valence-electron chi connectivity index (χ0n) is 76.2. The van der Waals surface area contributed by atoms with Crippen molar-refractivity contribution in [2.45, 2.75) is 37.0 Å². The highest BCUT2D eigenvalue weighted by atomic mass is 15.2. The number of hydrogen-bond donors (Lipinski definition) is 0. The lowest BCUT2D eigenvalue weighted by Crippen LogP contribution is -2.61. The summed E-state index contributed by atoms with van der Waals surface area (Å²) in [5.74, 6) is 0. The maximum absolute atomic E-state index is 2.76. The van der Waals surface area contributed by atoms with E-state index in [0.717, 1.165) is 134 Å². The van der Waals surface area contributed by atoms with Crippen molar-refractivity contribution < 1.29 is 0 Å². The second-order valence-electron chi connectivity index (χ2n) is 38.3. The Labute approximate surface area is 799 Å². The van der Waals surface area contributed by atoms with Gasteiger partial charge in [-0.1, -0.05) is 433 Å². The highest BCUT2D eigenvalue weighted by Gasteiger charge is 2.52. The Bertz CT molecular complexity index is 8070. The minimum absolute atomic E-state index is 0.364. The summed E-state index contributed by atoms with van der Waals surface area (Å²) < 4.78 is 5.21. The lowest BCUT2D eigenvalue weighted by Gasteiger charge is -2.46. The third-order valence-corrected chi connectivity index (χ3v) is 30.1. The number of benzene rings is 21. The van der Waals surface area contributed by atoms with Gasteiger partial charge in [-0.15, -0.1) is 0 Å². The molecule has 2 aliphatic carbocycles. The molecule has 2 aliphatic heterocycles. The van der Waals surface area contributed by atoms with Crippen LogP contribution >= 0.6 is 0 Å². The van der Waals surface area contributed by atoms with Crippen LogP contribution in [0, 0.1) is 0 Å². The van der Waals surface area contributed by atoms with E-state index < -0.39 is 16.2 Å². The number of para-hydroxylation sites is 2. The molecule has 4 heterocycles. The van der Waals surface area contributed by atoms with Gasteiger partial charge in [-0.25, -0.2) is 0 Å². The first-order valence-electron chi connectivity index (χ1n) is 48.0. The molecule has 21 aromatic carbocycles. The van der Waals surface area contributed by atoms with E-state index in [9.17, 15) is 0 Å². The monoisotopic (exact) mass is 1740 g/mol. The van der Waals surface area contributed by atoms with Gasteiger partial charge in [0.25, 0.3) is 6.71 Å². The molecule has 0 amide bonds. The summed E-state index contributed by atoms with van der Waals surface area (Å²) in [6, 6.07) is 189. The molecule has 4 nitrogen and oxygen atoms in total. The molecule has 0 saturated heterocycles. The summed E-state index contributed by atoms with van der Waals surface area (Å²) >= 11 is 0. The molecule has 23 aromatic rings. The second-order valence-corrected chi connectivity index (χ2v) is 38.3. The van der Waals surface area contributed by atoms with Crippen LogP contribution in [0.25, 0.3) is 144 Å². The molecule has 2 aromatic heterocycles. The lowest BCUT2D eigenvalue weighted by atomic mass is 9.33. The second kappa shape index (κ2) is 31.3. The highest BCUT2D eigenvalue weighted by molar-refractivity contribution is 7.00. The molecule has 0 fully saturated rings. The van der Waals surface area contributed by atoms with E-state index in [1.54, 1.807) is 0 Å². The Morgan fingerprint density at radius 1 is 0.219 bits per heavy atom. The average Bonchev–Trinajstić information content (AvgIpc) is 1.64. The van der Waals surface area contributed by atoms with Gasteiger partial charge < -0.3 is 18.9 Å². The predicted molar refractivity (Wildman–Crippen MR) is 575 cm³/mol. The predicted octanol–water partition coefficient (Wildman–Crippen LogP) is 32.0. The zero-order valence-corrected chi connectivity index (χ0v) is 76.2. The third-order valence-electron chi connectivity index (χ3n) is 30.1. The molecule has 0 unspecified atom stereocenters. The Hall–Kier alpha value is -17.1. The Kier molecular flexibility index (Phi) is 18.2. The molecular formula is C132H91BN4. The molecule has 0 bridgehead atoms. The van der Waals surface area contributed by atoms with Gasteiger partial charge in [-0.05, 0) is 224 Å². The van der Waals surface area contributed by atoms with Crippen molar-refractivity contribution in [3.8, 4) is 100 Å². The Morgan fingerprint density at radius 3 is 0.839 bits per heavy atom. The zero-order chi connectivity index (χ0) is 90.8. The molecular weight excluding hydrogens is 1650 g/mol. The van der Waals surface area contributed by atoms with Crippen LogP contribution in [0.4, 0.5) is 34.1 Å². The molecule has 5 heteroatoms. The van der Waals surface area contributed by atoms with Crippen molar-refractivity contribution >= 4 is 101 Å². The maximum Gasteiger partial charge on any atom is 0.252 e. The van der Waals surface area contributed by atoms with Crippen LogP contribution in [0.1, 0.15) is 70.8 Å². The summed E-state index contributed by atoms with van der Waals surface area (Å²) in [7, 11) is 0. The minimum Gasteiger partial charge on any atom is -0.310 e. The number of rotatable bonds is 14. The number of hydrogen-bond acceptors (Lipinski definition) is 2. The smallest absolute Gasteiger partial charge is 0.252 e. The molecule has 0 spiro atoms. The van der Waals surface area contributed by atoms with Gasteiger partial charge in [-0.2, -0.15) is 0 Å². The molecule has 4 aliphatic rings. The van der Waals surface area contributed by atoms with Crippen LogP contribution in [0.5, 0.6) is 0 Å². The molecule has 0 atom stereocenters. The fourth-order valence-corrected chi connectivity index (χ4v) is 24.4. The SMILES string of the molecule is CC(C)(C)c1cc2c3c(c1)N(c1c(-c4ccccc4)cc(-c4ccccc4)cc1-c1ccccc1)c1cc(-n4c5ccccc5c5c6c(ccc54)-c4ccccc4C6(c4ccccc4)c4ccccc4)ccc1B3c1ccc(-n3c4ccccc4c4c5c(ccc43)-c3ccccc3C5(c3ccccc3)c3ccccc3)cc1N2c1c(-c2ccccc2)cc(-c2ccccc2)cc1-c1ccccc1. The summed E-state index contributed by atoms with van der Waals surface area (Å²) in [5.41, 5.74) is 44.7. The van der Waals surface area contributed by atoms with Crippen molar-refractivity contribution in [1.82, 2.24) is 9.13 Å². The van der Waals surface area contributed by atoms with E-state index in [4.69, 9.17) is 0 Å². The van der Waals surface area contributed by atoms with Crippen molar-refractivity contribution in [2.24, 2.45) is 0 Å². The Balaban J connectivity index is 0.799. The van der Waals surface area contributed by atoms with E-state index in [-0.39, 0.29) is 6.71 Å². The average molecular weight is 1740 g/mol. The topological polar surface area (TPSA) is 16.3 Å². The number of anilines is 6. The van der Waals surface area contributed by atoms with Gasteiger partial charge in [-0.3, -0.25) is 0 Å². The molecule has 642 valence electrons. The largest absolute Gasteiger partial charge is 0.310 e. The fraction of sp³-hybridized carbons (Fsp3) is 0.0455. The van der Waals surface area contributed by atoms with E-state index in [1.165, 1.54) is 110 Å². The van der Waals surface area contributed by atoms with E-state index in [0.29, 0.717) is 0 Å². The molecule has 0 N–H and O–H groups in total.